The number of hydrogen-bond acceptors (Lipinski definition) is 6. The van der Waals surface area contributed by atoms with E-state index in [2.05, 4.69) is 20.8 Å². The molecule has 4 aromatic rings. The minimum atomic E-state index is -0.277. The van der Waals surface area contributed by atoms with E-state index >= 15 is 0 Å². The predicted molar refractivity (Wildman–Crippen MR) is 129 cm³/mol. The summed E-state index contributed by atoms with van der Waals surface area (Å²) in [5.74, 6) is 0.348. The first-order chi connectivity index (χ1) is 15.9. The highest BCUT2D eigenvalue weighted by atomic mass is 35.5. The quantitative estimate of drug-likeness (QED) is 0.372. The zero-order chi connectivity index (χ0) is 23.4. The zero-order valence-electron chi connectivity index (χ0n) is 17.8. The molecular formula is C23H20ClN5O3S. The number of carbonyl (C=O) groups excluding carboxylic acids is 2. The number of nitrogens with zero attached hydrogens (tertiary/aromatic N) is 3. The Bertz CT molecular complexity index is 1320. The molecule has 4 rings (SSSR count). The molecule has 2 aromatic heterocycles. The van der Waals surface area contributed by atoms with Crippen LogP contribution in [0.15, 0.2) is 66.0 Å². The van der Waals surface area contributed by atoms with Crippen LogP contribution in [0.1, 0.15) is 15.9 Å². The highest BCUT2D eigenvalue weighted by Gasteiger charge is 2.14. The van der Waals surface area contributed by atoms with Crippen molar-refractivity contribution in [2.24, 2.45) is 0 Å². The molecule has 0 atom stereocenters. The molecule has 2 heterocycles. The summed E-state index contributed by atoms with van der Waals surface area (Å²) in [6, 6.07) is 15.8. The van der Waals surface area contributed by atoms with Crippen molar-refractivity contribution < 1.29 is 14.3 Å². The number of thioether (sulfide) groups is 1. The SMILES string of the molecule is COc1ccc(NC(=O)c2ccc3nnc(SCC(=O)Nc4cccc(Cl)c4C)n3c2)cc1. The molecule has 0 unspecified atom stereocenters. The summed E-state index contributed by atoms with van der Waals surface area (Å²) in [4.78, 5) is 25.1. The van der Waals surface area contributed by atoms with Gasteiger partial charge in [0.2, 0.25) is 5.91 Å². The number of ether oxygens (including phenoxy) is 1. The molecule has 0 aliphatic heterocycles. The van der Waals surface area contributed by atoms with Gasteiger partial charge in [-0.05, 0) is 61.0 Å². The molecule has 0 saturated heterocycles. The molecule has 8 nitrogen and oxygen atoms in total. The molecule has 2 aromatic carbocycles. The first kappa shape index (κ1) is 22.6. The van der Waals surface area contributed by atoms with Gasteiger partial charge in [0.1, 0.15) is 5.75 Å². The molecule has 168 valence electrons. The van der Waals surface area contributed by atoms with Crippen LogP contribution in [-0.2, 0) is 4.79 Å². The second-order valence-electron chi connectivity index (χ2n) is 7.06. The fraction of sp³-hybridized carbons (Fsp3) is 0.130. The summed E-state index contributed by atoms with van der Waals surface area (Å²) in [6.45, 7) is 1.84. The Morgan fingerprint density at radius 3 is 2.61 bits per heavy atom. The number of carbonyl (C=O) groups is 2. The Hall–Kier alpha value is -3.56. The van der Waals surface area contributed by atoms with E-state index < -0.39 is 0 Å². The third-order valence-corrected chi connectivity index (χ3v) is 6.21. The van der Waals surface area contributed by atoms with Crippen LogP contribution >= 0.6 is 23.4 Å². The minimum absolute atomic E-state index is 0.120. The number of pyridine rings is 1. The van der Waals surface area contributed by atoms with Crippen LogP contribution in [0.2, 0.25) is 5.02 Å². The van der Waals surface area contributed by atoms with Crippen LogP contribution in [0.5, 0.6) is 5.75 Å². The van der Waals surface area contributed by atoms with Crippen molar-refractivity contribution in [2.45, 2.75) is 12.1 Å². The van der Waals surface area contributed by atoms with E-state index in [0.29, 0.717) is 38.5 Å². The maximum absolute atomic E-state index is 12.7. The van der Waals surface area contributed by atoms with E-state index in [4.69, 9.17) is 16.3 Å². The first-order valence-electron chi connectivity index (χ1n) is 9.92. The molecular weight excluding hydrogens is 462 g/mol. The van der Waals surface area contributed by atoms with Crippen molar-refractivity contribution in [3.63, 3.8) is 0 Å². The summed E-state index contributed by atoms with van der Waals surface area (Å²) in [5, 5.41) is 15.0. The van der Waals surface area contributed by atoms with E-state index in [9.17, 15) is 9.59 Å². The second-order valence-corrected chi connectivity index (χ2v) is 8.41. The molecule has 0 radical (unpaired) electrons. The summed E-state index contributed by atoms with van der Waals surface area (Å²) >= 11 is 7.33. The fourth-order valence-electron chi connectivity index (χ4n) is 3.04. The van der Waals surface area contributed by atoms with E-state index in [1.54, 1.807) is 72.3 Å². The summed E-state index contributed by atoms with van der Waals surface area (Å²) < 4.78 is 6.81. The Balaban J connectivity index is 1.44. The van der Waals surface area contributed by atoms with Crippen molar-refractivity contribution in [2.75, 3.05) is 23.5 Å². The smallest absolute Gasteiger partial charge is 0.257 e. The molecule has 0 aliphatic carbocycles. The van der Waals surface area contributed by atoms with E-state index in [-0.39, 0.29) is 17.6 Å². The van der Waals surface area contributed by atoms with Gasteiger partial charge in [0.15, 0.2) is 10.8 Å². The number of nitrogens with one attached hydrogen (secondary N) is 2. The molecule has 2 N–H and O–H groups in total. The van der Waals surface area contributed by atoms with Gasteiger partial charge in [0, 0.05) is 22.6 Å². The number of amides is 2. The average Bonchev–Trinajstić information content (AvgIpc) is 3.23. The van der Waals surface area contributed by atoms with Gasteiger partial charge in [-0.15, -0.1) is 10.2 Å². The fourth-order valence-corrected chi connectivity index (χ4v) is 3.93. The third-order valence-electron chi connectivity index (χ3n) is 4.86. The topological polar surface area (TPSA) is 97.6 Å². The van der Waals surface area contributed by atoms with Crippen LogP contribution in [-0.4, -0.2) is 39.3 Å². The van der Waals surface area contributed by atoms with Crippen molar-refractivity contribution >= 4 is 52.2 Å². The lowest BCUT2D eigenvalue weighted by Gasteiger charge is -2.09. The molecule has 0 saturated carbocycles. The first-order valence-corrected chi connectivity index (χ1v) is 11.3. The standard InChI is InChI=1S/C23H20ClN5O3S/c1-14-18(24)4-3-5-19(14)26-21(30)13-33-23-28-27-20-11-6-15(12-29(20)23)22(31)25-16-7-9-17(32-2)10-8-16/h3-12H,13H2,1-2H3,(H,25,31)(H,26,30). The number of benzene rings is 2. The predicted octanol–water partition coefficient (Wildman–Crippen LogP) is 4.68. The lowest BCUT2D eigenvalue weighted by Crippen LogP contribution is -2.15. The van der Waals surface area contributed by atoms with Crippen molar-refractivity contribution in [1.82, 2.24) is 14.6 Å². The van der Waals surface area contributed by atoms with Crippen molar-refractivity contribution in [3.05, 3.63) is 76.9 Å². The Morgan fingerprint density at radius 2 is 1.85 bits per heavy atom. The Morgan fingerprint density at radius 1 is 1.06 bits per heavy atom. The van der Waals surface area contributed by atoms with E-state index in [1.165, 1.54) is 11.8 Å². The van der Waals surface area contributed by atoms with Gasteiger partial charge in [-0.2, -0.15) is 0 Å². The third kappa shape index (κ3) is 5.27. The molecule has 10 heteroatoms. The minimum Gasteiger partial charge on any atom is -0.497 e. The highest BCUT2D eigenvalue weighted by molar-refractivity contribution is 7.99. The maximum atomic E-state index is 12.7. The van der Waals surface area contributed by atoms with Gasteiger partial charge < -0.3 is 15.4 Å². The maximum Gasteiger partial charge on any atom is 0.257 e. The van der Waals surface area contributed by atoms with Crippen LogP contribution in [0.4, 0.5) is 11.4 Å². The lowest BCUT2D eigenvalue weighted by atomic mass is 10.2. The van der Waals surface area contributed by atoms with Crippen LogP contribution < -0.4 is 15.4 Å². The van der Waals surface area contributed by atoms with Gasteiger partial charge >= 0.3 is 0 Å². The van der Waals surface area contributed by atoms with Gasteiger partial charge in [0.25, 0.3) is 5.91 Å². The van der Waals surface area contributed by atoms with Gasteiger partial charge in [-0.1, -0.05) is 29.4 Å². The van der Waals surface area contributed by atoms with Crippen LogP contribution in [0.25, 0.3) is 5.65 Å². The second kappa shape index (κ2) is 9.93. The molecule has 0 bridgehead atoms. The largest absolute Gasteiger partial charge is 0.497 e. The summed E-state index contributed by atoms with van der Waals surface area (Å²) in [7, 11) is 1.58. The number of aromatic nitrogens is 3. The molecule has 0 fully saturated rings. The van der Waals surface area contributed by atoms with Crippen LogP contribution in [0.3, 0.4) is 0 Å². The van der Waals surface area contributed by atoms with Crippen molar-refractivity contribution in [3.8, 4) is 5.75 Å². The Kier molecular flexibility index (Phi) is 6.81. The molecule has 33 heavy (non-hydrogen) atoms. The zero-order valence-corrected chi connectivity index (χ0v) is 19.4. The number of anilines is 2. The number of rotatable bonds is 7. The van der Waals surface area contributed by atoms with Gasteiger partial charge in [-0.3, -0.25) is 14.0 Å². The Labute approximate surface area is 199 Å². The van der Waals surface area contributed by atoms with Crippen LogP contribution in [0, 0.1) is 6.92 Å². The number of halogens is 1. The average molecular weight is 482 g/mol. The molecule has 0 aliphatic rings. The summed E-state index contributed by atoms with van der Waals surface area (Å²) in [5.41, 5.74) is 3.12. The number of hydrogen-bond donors (Lipinski definition) is 2. The molecule has 0 spiro atoms. The van der Waals surface area contributed by atoms with E-state index in [0.717, 1.165) is 5.56 Å². The highest BCUT2D eigenvalue weighted by Crippen LogP contribution is 2.24. The van der Waals surface area contributed by atoms with E-state index in [1.807, 2.05) is 6.92 Å². The lowest BCUT2D eigenvalue weighted by molar-refractivity contribution is -0.113. The number of methoxy groups -OCH3 is 1. The van der Waals surface area contributed by atoms with Gasteiger partial charge in [0.05, 0.1) is 18.4 Å². The number of fused-ring (bicyclic) bond motifs is 1. The van der Waals surface area contributed by atoms with Crippen molar-refractivity contribution in [1.29, 1.82) is 0 Å². The molecule has 2 amide bonds. The normalized spacial score (nSPS) is 10.8. The van der Waals surface area contributed by atoms with Gasteiger partial charge in [-0.25, -0.2) is 0 Å². The summed E-state index contributed by atoms with van der Waals surface area (Å²) in [6.07, 6.45) is 1.65. The monoisotopic (exact) mass is 481 g/mol.